The number of aromatic hydroxyl groups is 1. The number of benzene rings is 1. The molecule has 0 aliphatic heterocycles. The van der Waals surface area contributed by atoms with E-state index in [1.165, 1.54) is 6.07 Å². The molecule has 0 radical (unpaired) electrons. The number of phenols is 1. The van der Waals surface area contributed by atoms with Crippen molar-refractivity contribution in [1.29, 1.82) is 0 Å². The molecule has 1 amide bonds. The number of thiocarbonyl (C=S) groups is 1. The fraction of sp³-hybridized carbons (Fsp3) is 0.385. The topological polar surface area (TPSA) is 75.4 Å². The second kappa shape index (κ2) is 6.96. The van der Waals surface area contributed by atoms with E-state index in [4.69, 9.17) is 18.0 Å². The molecular weight excluding hydrogens is 248 g/mol. The fourth-order valence-electron chi connectivity index (χ4n) is 1.48. The van der Waals surface area contributed by atoms with Crippen LogP contribution in [-0.2, 0) is 0 Å². The summed E-state index contributed by atoms with van der Waals surface area (Å²) >= 11 is 4.76. The second-order valence-electron chi connectivity index (χ2n) is 4.18. The summed E-state index contributed by atoms with van der Waals surface area (Å²) in [6.07, 6.45) is 2.41. The molecule has 0 aliphatic carbocycles. The lowest BCUT2D eigenvalue weighted by molar-refractivity contribution is 0.0952. The molecule has 4 N–H and O–H groups in total. The smallest absolute Gasteiger partial charge is 0.251 e. The number of phenolic OH excluding ortho intramolecular Hbond substituents is 1. The van der Waals surface area contributed by atoms with Crippen molar-refractivity contribution in [2.75, 3.05) is 6.54 Å². The lowest BCUT2D eigenvalue weighted by atomic mass is 10.1. The van der Waals surface area contributed by atoms with E-state index in [1.807, 2.05) is 0 Å². The molecule has 18 heavy (non-hydrogen) atoms. The van der Waals surface area contributed by atoms with Crippen molar-refractivity contribution < 1.29 is 9.90 Å². The maximum Gasteiger partial charge on any atom is 0.251 e. The Balaban J connectivity index is 2.36. The summed E-state index contributed by atoms with van der Waals surface area (Å²) in [4.78, 5) is 12.2. The van der Waals surface area contributed by atoms with Crippen molar-refractivity contribution >= 4 is 23.1 Å². The molecule has 0 fully saturated rings. The van der Waals surface area contributed by atoms with Gasteiger partial charge in [-0.05, 0) is 43.9 Å². The Morgan fingerprint density at radius 3 is 2.78 bits per heavy atom. The Bertz CT molecular complexity index is 447. The van der Waals surface area contributed by atoms with Crippen molar-refractivity contribution in [2.45, 2.75) is 26.2 Å². The third-order valence-corrected chi connectivity index (χ3v) is 2.81. The highest BCUT2D eigenvalue weighted by atomic mass is 32.1. The van der Waals surface area contributed by atoms with Crippen molar-refractivity contribution in [3.8, 4) is 5.75 Å². The number of aryl methyl sites for hydroxylation is 1. The van der Waals surface area contributed by atoms with Crippen LogP contribution in [0.15, 0.2) is 18.2 Å². The number of carbonyl (C=O) groups excluding carboxylic acids is 1. The zero-order chi connectivity index (χ0) is 13.5. The molecule has 0 saturated carbocycles. The maximum absolute atomic E-state index is 11.7. The molecule has 1 aromatic carbocycles. The van der Waals surface area contributed by atoms with E-state index in [0.29, 0.717) is 23.5 Å². The van der Waals surface area contributed by atoms with Gasteiger partial charge in [-0.3, -0.25) is 4.79 Å². The van der Waals surface area contributed by atoms with Crippen LogP contribution < -0.4 is 11.1 Å². The number of unbranched alkanes of at least 4 members (excludes halogenated alkanes) is 1. The number of nitrogens with one attached hydrogen (secondary N) is 1. The zero-order valence-corrected chi connectivity index (χ0v) is 11.2. The van der Waals surface area contributed by atoms with Crippen molar-refractivity contribution in [3.63, 3.8) is 0 Å². The predicted octanol–water partition coefficient (Wildman–Crippen LogP) is 1.89. The van der Waals surface area contributed by atoms with Crippen LogP contribution in [0.3, 0.4) is 0 Å². The maximum atomic E-state index is 11.7. The molecule has 0 spiro atoms. The number of nitrogens with two attached hydrogens (primary N) is 1. The molecule has 0 aliphatic rings. The van der Waals surface area contributed by atoms with Gasteiger partial charge in [0.05, 0.1) is 4.99 Å². The Labute approximate surface area is 112 Å². The molecular formula is C13H18N2O2S. The van der Waals surface area contributed by atoms with Gasteiger partial charge in [0, 0.05) is 12.1 Å². The van der Waals surface area contributed by atoms with Gasteiger partial charge in [0.1, 0.15) is 5.75 Å². The summed E-state index contributed by atoms with van der Waals surface area (Å²) in [5, 5.41) is 12.3. The minimum absolute atomic E-state index is 0.135. The molecule has 0 aromatic heterocycles. The van der Waals surface area contributed by atoms with Crippen LogP contribution in [0.1, 0.15) is 35.2 Å². The number of rotatable bonds is 6. The Morgan fingerprint density at radius 2 is 2.17 bits per heavy atom. The van der Waals surface area contributed by atoms with Gasteiger partial charge < -0.3 is 16.2 Å². The van der Waals surface area contributed by atoms with Crippen LogP contribution in [0.5, 0.6) is 5.75 Å². The number of carbonyl (C=O) groups is 1. The van der Waals surface area contributed by atoms with Crippen LogP contribution in [0, 0.1) is 6.92 Å². The molecule has 0 bridgehead atoms. The van der Waals surface area contributed by atoms with Gasteiger partial charge in [0.2, 0.25) is 0 Å². The molecule has 5 heteroatoms. The first-order valence-corrected chi connectivity index (χ1v) is 6.27. The van der Waals surface area contributed by atoms with Crippen molar-refractivity contribution in [3.05, 3.63) is 29.3 Å². The molecule has 0 heterocycles. The lowest BCUT2D eigenvalue weighted by Gasteiger charge is -2.06. The summed E-state index contributed by atoms with van der Waals surface area (Å²) in [7, 11) is 0. The number of hydrogen-bond acceptors (Lipinski definition) is 3. The molecule has 98 valence electrons. The van der Waals surface area contributed by atoms with Crippen LogP contribution in [0.4, 0.5) is 0 Å². The largest absolute Gasteiger partial charge is 0.508 e. The molecule has 0 unspecified atom stereocenters. The average Bonchev–Trinajstić information content (AvgIpc) is 2.31. The standard InChI is InChI=1S/C13H18N2O2S/c1-9-5-6-10(8-11(9)16)13(17)15-7-3-2-4-12(14)18/h5-6,8,16H,2-4,7H2,1H3,(H2,14,18)(H,15,17). The predicted molar refractivity (Wildman–Crippen MR) is 75.8 cm³/mol. The van der Waals surface area contributed by atoms with E-state index in [0.717, 1.165) is 18.4 Å². The van der Waals surface area contributed by atoms with E-state index in [2.05, 4.69) is 5.32 Å². The van der Waals surface area contributed by atoms with Crippen LogP contribution >= 0.6 is 12.2 Å². The zero-order valence-electron chi connectivity index (χ0n) is 10.4. The summed E-state index contributed by atoms with van der Waals surface area (Å²) in [6.45, 7) is 2.36. The van der Waals surface area contributed by atoms with Crippen LogP contribution in [0.25, 0.3) is 0 Å². The van der Waals surface area contributed by atoms with Gasteiger partial charge >= 0.3 is 0 Å². The van der Waals surface area contributed by atoms with Crippen molar-refractivity contribution in [2.24, 2.45) is 5.73 Å². The van der Waals surface area contributed by atoms with E-state index in [1.54, 1.807) is 19.1 Å². The van der Waals surface area contributed by atoms with Crippen molar-refractivity contribution in [1.82, 2.24) is 5.32 Å². The van der Waals surface area contributed by atoms with Crippen LogP contribution in [-0.4, -0.2) is 22.5 Å². The van der Waals surface area contributed by atoms with E-state index in [-0.39, 0.29) is 11.7 Å². The second-order valence-corrected chi connectivity index (χ2v) is 4.70. The average molecular weight is 266 g/mol. The summed E-state index contributed by atoms with van der Waals surface area (Å²) in [5.41, 5.74) is 6.59. The van der Waals surface area contributed by atoms with Gasteiger partial charge in [-0.2, -0.15) is 0 Å². The molecule has 4 nitrogen and oxygen atoms in total. The van der Waals surface area contributed by atoms with E-state index in [9.17, 15) is 9.90 Å². The number of amides is 1. The molecule has 0 saturated heterocycles. The summed E-state index contributed by atoms with van der Waals surface area (Å²) in [6, 6.07) is 4.89. The van der Waals surface area contributed by atoms with Crippen LogP contribution in [0.2, 0.25) is 0 Å². The first kappa shape index (κ1) is 14.4. The highest BCUT2D eigenvalue weighted by Crippen LogP contribution is 2.17. The first-order chi connectivity index (χ1) is 8.50. The Morgan fingerprint density at radius 1 is 1.44 bits per heavy atom. The Hall–Kier alpha value is -1.62. The van der Waals surface area contributed by atoms with E-state index >= 15 is 0 Å². The minimum atomic E-state index is -0.180. The third kappa shape index (κ3) is 4.71. The molecule has 1 rings (SSSR count). The quantitative estimate of drug-likeness (QED) is 0.543. The highest BCUT2D eigenvalue weighted by molar-refractivity contribution is 7.80. The van der Waals surface area contributed by atoms with Gasteiger partial charge in [-0.25, -0.2) is 0 Å². The Kier molecular flexibility index (Phi) is 5.58. The van der Waals surface area contributed by atoms with Gasteiger partial charge in [0.15, 0.2) is 0 Å². The molecule has 1 aromatic rings. The fourth-order valence-corrected chi connectivity index (χ4v) is 1.62. The normalized spacial score (nSPS) is 10.1. The minimum Gasteiger partial charge on any atom is -0.508 e. The lowest BCUT2D eigenvalue weighted by Crippen LogP contribution is -2.24. The van der Waals surface area contributed by atoms with Gasteiger partial charge in [0.25, 0.3) is 5.91 Å². The molecule has 0 atom stereocenters. The highest BCUT2D eigenvalue weighted by Gasteiger charge is 2.06. The first-order valence-electron chi connectivity index (χ1n) is 5.87. The third-order valence-electron chi connectivity index (χ3n) is 2.61. The SMILES string of the molecule is Cc1ccc(C(=O)NCCCCC(N)=S)cc1O. The number of hydrogen-bond donors (Lipinski definition) is 3. The summed E-state index contributed by atoms with van der Waals surface area (Å²) < 4.78 is 0. The van der Waals surface area contributed by atoms with Gasteiger partial charge in [-0.15, -0.1) is 0 Å². The van der Waals surface area contributed by atoms with E-state index < -0.39 is 0 Å². The summed E-state index contributed by atoms with van der Waals surface area (Å²) in [5.74, 6) is -0.0447. The monoisotopic (exact) mass is 266 g/mol. The van der Waals surface area contributed by atoms with Gasteiger partial charge in [-0.1, -0.05) is 18.3 Å².